The number of hydrogen-bond acceptors (Lipinski definition) is 5. The molecule has 0 N–H and O–H groups in total. The molecule has 1 aliphatic rings. The molecule has 1 aliphatic heterocycles. The van der Waals surface area contributed by atoms with Gasteiger partial charge in [0.2, 0.25) is 0 Å². The van der Waals surface area contributed by atoms with Crippen LogP contribution in [0.5, 0.6) is 11.5 Å². The second-order valence-electron chi connectivity index (χ2n) is 8.04. The van der Waals surface area contributed by atoms with Crippen LogP contribution in [0.15, 0.2) is 89.6 Å². The van der Waals surface area contributed by atoms with E-state index in [1.54, 1.807) is 63.4 Å². The highest BCUT2D eigenvalue weighted by molar-refractivity contribution is 6.30. The van der Waals surface area contributed by atoms with Crippen molar-refractivity contribution in [2.45, 2.75) is 20.5 Å². The minimum Gasteiger partial charge on any atom is -0.493 e. The van der Waals surface area contributed by atoms with Gasteiger partial charge in [0.05, 0.1) is 24.9 Å². The zero-order valence-corrected chi connectivity index (χ0v) is 21.0. The van der Waals surface area contributed by atoms with Gasteiger partial charge < -0.3 is 14.2 Å². The van der Waals surface area contributed by atoms with Crippen molar-refractivity contribution in [1.82, 2.24) is 0 Å². The van der Waals surface area contributed by atoms with Crippen molar-refractivity contribution in [1.29, 1.82) is 0 Å². The Kier molecular flexibility index (Phi) is 7.76. The van der Waals surface area contributed by atoms with E-state index in [9.17, 15) is 9.59 Å². The number of hydrogen-bond donors (Lipinski definition) is 0. The summed E-state index contributed by atoms with van der Waals surface area (Å²) in [6.45, 7) is 4.03. The summed E-state index contributed by atoms with van der Waals surface area (Å²) in [6, 6.07) is 22.0. The molecule has 36 heavy (non-hydrogen) atoms. The number of amides is 1. The molecule has 0 spiro atoms. The molecule has 6 nitrogen and oxygen atoms in total. The zero-order chi connectivity index (χ0) is 25.7. The van der Waals surface area contributed by atoms with E-state index in [0.29, 0.717) is 40.1 Å². The number of nitrogens with zero attached hydrogens (tertiary/aromatic N) is 1. The molecule has 0 aliphatic carbocycles. The summed E-state index contributed by atoms with van der Waals surface area (Å²) < 4.78 is 16.7. The number of esters is 1. The fraction of sp³-hybridized carbons (Fsp3) is 0.172. The van der Waals surface area contributed by atoms with Crippen molar-refractivity contribution in [2.75, 3.05) is 18.6 Å². The number of carbonyl (C=O) groups is 2. The molecule has 1 amide bonds. The third-order valence-corrected chi connectivity index (χ3v) is 5.95. The number of ether oxygens (including phenoxy) is 3. The van der Waals surface area contributed by atoms with Crippen LogP contribution in [0.2, 0.25) is 5.02 Å². The van der Waals surface area contributed by atoms with E-state index in [1.165, 1.54) is 4.90 Å². The molecule has 0 radical (unpaired) electrons. The molecule has 0 saturated heterocycles. The summed E-state index contributed by atoms with van der Waals surface area (Å²) in [7, 11) is 1.55. The number of methoxy groups -OCH3 is 1. The van der Waals surface area contributed by atoms with Gasteiger partial charge in [-0.15, -0.1) is 0 Å². The van der Waals surface area contributed by atoms with Crippen LogP contribution in [-0.2, 0) is 20.9 Å². The second-order valence-corrected chi connectivity index (χ2v) is 8.48. The van der Waals surface area contributed by atoms with Crippen LogP contribution in [-0.4, -0.2) is 25.6 Å². The highest BCUT2D eigenvalue weighted by atomic mass is 35.5. The third-order valence-electron chi connectivity index (χ3n) is 5.70. The van der Waals surface area contributed by atoms with Gasteiger partial charge in [-0.1, -0.05) is 48.0 Å². The molecule has 184 valence electrons. The van der Waals surface area contributed by atoms with Crippen molar-refractivity contribution < 1.29 is 23.8 Å². The van der Waals surface area contributed by atoms with Crippen molar-refractivity contribution >= 4 is 35.2 Å². The second kappa shape index (κ2) is 11.1. The first-order chi connectivity index (χ1) is 17.4. The first-order valence-corrected chi connectivity index (χ1v) is 11.9. The van der Waals surface area contributed by atoms with E-state index < -0.39 is 5.97 Å². The largest absolute Gasteiger partial charge is 0.493 e. The lowest BCUT2D eigenvalue weighted by atomic mass is 10.0. The molecule has 0 fully saturated rings. The first kappa shape index (κ1) is 25.1. The Morgan fingerprint density at radius 2 is 1.72 bits per heavy atom. The molecule has 0 aromatic heterocycles. The monoisotopic (exact) mass is 503 g/mol. The van der Waals surface area contributed by atoms with Gasteiger partial charge >= 0.3 is 5.97 Å². The molecule has 0 atom stereocenters. The predicted octanol–water partition coefficient (Wildman–Crippen LogP) is 6.19. The van der Waals surface area contributed by atoms with E-state index in [4.69, 9.17) is 25.8 Å². The van der Waals surface area contributed by atoms with Gasteiger partial charge in [0.15, 0.2) is 11.5 Å². The maximum absolute atomic E-state index is 13.5. The Bertz CT molecular complexity index is 1330. The van der Waals surface area contributed by atoms with E-state index >= 15 is 0 Å². The lowest BCUT2D eigenvalue weighted by Crippen LogP contribution is -2.24. The predicted molar refractivity (Wildman–Crippen MR) is 140 cm³/mol. The lowest BCUT2D eigenvalue weighted by molar-refractivity contribution is -0.138. The van der Waals surface area contributed by atoms with Crippen LogP contribution in [0.25, 0.3) is 6.08 Å². The van der Waals surface area contributed by atoms with Gasteiger partial charge in [0, 0.05) is 16.4 Å². The summed E-state index contributed by atoms with van der Waals surface area (Å²) in [4.78, 5) is 27.9. The maximum Gasteiger partial charge on any atom is 0.340 e. The summed E-state index contributed by atoms with van der Waals surface area (Å²) in [5.74, 6) is 0.196. The number of anilines is 1. The number of halogens is 1. The average molecular weight is 504 g/mol. The Balaban J connectivity index is 1.68. The highest BCUT2D eigenvalue weighted by Gasteiger charge is 2.38. The Hall–Kier alpha value is -4.03. The summed E-state index contributed by atoms with van der Waals surface area (Å²) >= 11 is 6.02. The van der Waals surface area contributed by atoms with Gasteiger partial charge in [0.25, 0.3) is 5.91 Å². The zero-order valence-electron chi connectivity index (χ0n) is 20.3. The van der Waals surface area contributed by atoms with Crippen molar-refractivity contribution in [2.24, 2.45) is 0 Å². The Morgan fingerprint density at radius 1 is 1.00 bits per heavy atom. The number of allylic oxidation sites excluding steroid dienone is 1. The van der Waals surface area contributed by atoms with Crippen LogP contribution in [0, 0.1) is 0 Å². The standard InChI is InChI=1S/C29H26ClNO5/c1-4-35-29(33)27-19(2)31(23-13-11-22(30)12-14-23)28(32)24(27)16-21-10-15-25(26(17-21)34-3)36-18-20-8-6-5-7-9-20/h5-17H,4,18H2,1-3H3/b24-16-. The molecular weight excluding hydrogens is 478 g/mol. The third kappa shape index (κ3) is 5.29. The SMILES string of the molecule is CCOC(=O)C1=C(C)N(c2ccc(Cl)cc2)C(=O)/C1=C\c1ccc(OCc2ccccc2)c(OC)c1. The summed E-state index contributed by atoms with van der Waals surface area (Å²) in [5.41, 5.74) is 3.26. The quantitative estimate of drug-likeness (QED) is 0.271. The van der Waals surface area contributed by atoms with Crippen LogP contribution < -0.4 is 14.4 Å². The van der Waals surface area contributed by atoms with Gasteiger partial charge in [-0.2, -0.15) is 0 Å². The van der Waals surface area contributed by atoms with Crippen molar-refractivity contribution in [3.05, 3.63) is 106 Å². The fourth-order valence-electron chi connectivity index (χ4n) is 3.98. The van der Waals surface area contributed by atoms with Crippen LogP contribution in [0.1, 0.15) is 25.0 Å². The molecule has 0 saturated carbocycles. The van der Waals surface area contributed by atoms with Gasteiger partial charge in [0.1, 0.15) is 6.61 Å². The van der Waals surface area contributed by atoms with E-state index in [-0.39, 0.29) is 23.7 Å². The molecule has 7 heteroatoms. The minimum absolute atomic E-state index is 0.194. The van der Waals surface area contributed by atoms with E-state index in [2.05, 4.69) is 0 Å². The number of benzene rings is 3. The van der Waals surface area contributed by atoms with Crippen LogP contribution in [0.4, 0.5) is 5.69 Å². The van der Waals surface area contributed by atoms with E-state index in [0.717, 1.165) is 5.56 Å². The van der Waals surface area contributed by atoms with Crippen LogP contribution in [0.3, 0.4) is 0 Å². The smallest absolute Gasteiger partial charge is 0.340 e. The molecule has 1 heterocycles. The minimum atomic E-state index is -0.555. The van der Waals surface area contributed by atoms with Gasteiger partial charge in [-0.05, 0) is 67.4 Å². The highest BCUT2D eigenvalue weighted by Crippen LogP contribution is 2.37. The van der Waals surface area contributed by atoms with E-state index in [1.807, 2.05) is 36.4 Å². The summed E-state index contributed by atoms with van der Waals surface area (Å²) in [6.07, 6.45) is 1.66. The maximum atomic E-state index is 13.5. The molecule has 3 aromatic rings. The molecule has 0 unspecified atom stereocenters. The normalized spacial score (nSPS) is 14.4. The average Bonchev–Trinajstić information content (AvgIpc) is 3.13. The molecule has 3 aromatic carbocycles. The number of rotatable bonds is 8. The Labute approximate surface area is 215 Å². The topological polar surface area (TPSA) is 65.1 Å². The summed E-state index contributed by atoms with van der Waals surface area (Å²) in [5, 5.41) is 0.551. The number of carbonyl (C=O) groups excluding carboxylic acids is 2. The van der Waals surface area contributed by atoms with Crippen molar-refractivity contribution in [3.8, 4) is 11.5 Å². The molecule has 4 rings (SSSR count). The van der Waals surface area contributed by atoms with Gasteiger partial charge in [-0.3, -0.25) is 9.69 Å². The van der Waals surface area contributed by atoms with Gasteiger partial charge in [-0.25, -0.2) is 4.79 Å². The molecular formula is C29H26ClNO5. The Morgan fingerprint density at radius 3 is 2.39 bits per heavy atom. The van der Waals surface area contributed by atoms with Crippen LogP contribution >= 0.6 is 11.6 Å². The molecule has 0 bridgehead atoms. The fourth-order valence-corrected chi connectivity index (χ4v) is 4.10. The first-order valence-electron chi connectivity index (χ1n) is 11.5. The lowest BCUT2D eigenvalue weighted by Gasteiger charge is -2.18. The van der Waals surface area contributed by atoms with Crippen molar-refractivity contribution in [3.63, 3.8) is 0 Å².